The van der Waals surface area contributed by atoms with Crippen molar-refractivity contribution in [2.45, 2.75) is 0 Å². The average Bonchev–Trinajstić information content (AvgIpc) is 2.73. The topological polar surface area (TPSA) is 109 Å². The van der Waals surface area contributed by atoms with Crippen LogP contribution >= 0.6 is 11.3 Å². The molecule has 0 spiro atoms. The third kappa shape index (κ3) is 5.29. The molecule has 0 aliphatic rings. The zero-order chi connectivity index (χ0) is 13.6. The summed E-state index contributed by atoms with van der Waals surface area (Å²) in [4.78, 5) is 12.2. The molecule has 6 nitrogen and oxygen atoms in total. The van der Waals surface area contributed by atoms with Crippen LogP contribution in [0.25, 0.3) is 0 Å². The number of aliphatic hydroxyl groups excluding tert-OH is 1. The number of nitrogens with one attached hydrogen (secondary N) is 1. The van der Waals surface area contributed by atoms with E-state index in [1.165, 1.54) is 11.3 Å². The quantitative estimate of drug-likeness (QED) is 0.624. The summed E-state index contributed by atoms with van der Waals surface area (Å²) in [6.45, 7) is -0.279. The Morgan fingerprint density at radius 3 is 2.89 bits per heavy atom. The van der Waals surface area contributed by atoms with Crippen molar-refractivity contribution in [3.8, 4) is 11.8 Å². The number of carbonyl (C=O) groups is 1. The molecule has 98 valence electrons. The minimum Gasteiger partial charge on any atom is -0.384 e. The van der Waals surface area contributed by atoms with Crippen molar-refractivity contribution in [3.05, 3.63) is 21.9 Å². The Morgan fingerprint density at radius 1 is 1.56 bits per heavy atom. The van der Waals surface area contributed by atoms with Crippen LogP contribution in [0.4, 0.5) is 0 Å². The van der Waals surface area contributed by atoms with Gasteiger partial charge in [0.15, 0.2) is 0 Å². The van der Waals surface area contributed by atoms with E-state index in [0.29, 0.717) is 10.4 Å². The SMILES string of the molecule is NS(=O)(=O)CCNC(=O)c1csc(C#CCO)c1. The lowest BCUT2D eigenvalue weighted by Gasteiger charge is -2.01. The first-order chi connectivity index (χ1) is 8.42. The molecule has 4 N–H and O–H groups in total. The molecule has 0 saturated heterocycles. The Morgan fingerprint density at radius 2 is 2.28 bits per heavy atom. The van der Waals surface area contributed by atoms with Gasteiger partial charge in [0.2, 0.25) is 10.0 Å². The van der Waals surface area contributed by atoms with E-state index < -0.39 is 10.0 Å². The molecule has 0 bridgehead atoms. The fraction of sp³-hybridized carbons (Fsp3) is 0.300. The van der Waals surface area contributed by atoms with Crippen LogP contribution in [-0.2, 0) is 10.0 Å². The lowest BCUT2D eigenvalue weighted by molar-refractivity contribution is 0.0956. The predicted octanol–water partition coefficient (Wildman–Crippen LogP) is -0.890. The van der Waals surface area contributed by atoms with Crippen LogP contribution in [-0.4, -0.2) is 38.3 Å². The molecule has 0 atom stereocenters. The molecular weight excluding hydrogens is 276 g/mol. The normalized spacial score (nSPS) is 10.6. The van der Waals surface area contributed by atoms with E-state index in [0.717, 1.165) is 0 Å². The van der Waals surface area contributed by atoms with E-state index in [1.807, 2.05) is 0 Å². The Bertz CT molecular complexity index is 581. The van der Waals surface area contributed by atoms with Gasteiger partial charge in [-0.2, -0.15) is 0 Å². The van der Waals surface area contributed by atoms with Crippen LogP contribution in [0.1, 0.15) is 15.2 Å². The largest absolute Gasteiger partial charge is 0.384 e. The first-order valence-corrected chi connectivity index (χ1v) is 7.49. The lowest BCUT2D eigenvalue weighted by atomic mass is 10.3. The predicted molar refractivity (Wildman–Crippen MR) is 68.6 cm³/mol. The van der Waals surface area contributed by atoms with Gasteiger partial charge in [-0.3, -0.25) is 4.79 Å². The van der Waals surface area contributed by atoms with E-state index in [2.05, 4.69) is 17.2 Å². The fourth-order valence-corrected chi connectivity index (χ4v) is 2.20. The molecule has 0 radical (unpaired) electrons. The van der Waals surface area contributed by atoms with E-state index in [4.69, 9.17) is 10.2 Å². The minimum atomic E-state index is -3.57. The van der Waals surface area contributed by atoms with Gasteiger partial charge in [0.25, 0.3) is 5.91 Å². The molecule has 1 heterocycles. The van der Waals surface area contributed by atoms with Gasteiger partial charge in [-0.15, -0.1) is 11.3 Å². The molecule has 1 rings (SSSR count). The number of hydrogen-bond donors (Lipinski definition) is 3. The number of sulfonamides is 1. The molecule has 1 aromatic heterocycles. The third-order valence-electron chi connectivity index (χ3n) is 1.82. The Labute approximate surface area is 109 Å². The van der Waals surface area contributed by atoms with Crippen LogP contribution < -0.4 is 10.5 Å². The summed E-state index contributed by atoms with van der Waals surface area (Å²) in [5.41, 5.74) is 0.400. The monoisotopic (exact) mass is 288 g/mol. The molecule has 0 saturated carbocycles. The minimum absolute atomic E-state index is 0.0365. The molecule has 18 heavy (non-hydrogen) atoms. The van der Waals surface area contributed by atoms with Gasteiger partial charge in [-0.05, 0) is 6.07 Å². The van der Waals surface area contributed by atoms with Crippen LogP contribution in [0.3, 0.4) is 0 Å². The number of hydrogen-bond acceptors (Lipinski definition) is 5. The zero-order valence-corrected chi connectivity index (χ0v) is 11.0. The summed E-state index contributed by atoms with van der Waals surface area (Å²) in [5.74, 6) is 4.45. The Balaban J connectivity index is 2.54. The molecule has 0 aliphatic carbocycles. The number of carbonyl (C=O) groups excluding carboxylic acids is 1. The van der Waals surface area contributed by atoms with Crippen LogP contribution in [0.2, 0.25) is 0 Å². The maximum atomic E-state index is 11.6. The van der Waals surface area contributed by atoms with Crippen molar-refractivity contribution in [3.63, 3.8) is 0 Å². The van der Waals surface area contributed by atoms with Crippen molar-refractivity contribution in [2.75, 3.05) is 18.9 Å². The highest BCUT2D eigenvalue weighted by Crippen LogP contribution is 2.13. The maximum absolute atomic E-state index is 11.6. The Hall–Kier alpha value is -1.40. The third-order valence-corrected chi connectivity index (χ3v) is 3.44. The standard InChI is InChI=1S/C10H12N2O4S2/c11-18(15,16)5-3-12-10(14)8-6-9(17-7-8)2-1-4-13/h6-7,13H,3-5H2,(H,12,14)(H2,11,15,16). The van der Waals surface area contributed by atoms with Gasteiger partial charge < -0.3 is 10.4 Å². The smallest absolute Gasteiger partial charge is 0.252 e. The summed E-state index contributed by atoms with van der Waals surface area (Å²) < 4.78 is 21.3. The van der Waals surface area contributed by atoms with Gasteiger partial charge in [0.05, 0.1) is 16.2 Å². The summed E-state index contributed by atoms with van der Waals surface area (Å²) in [5, 5.41) is 17.4. The summed E-state index contributed by atoms with van der Waals surface area (Å²) >= 11 is 1.27. The van der Waals surface area contributed by atoms with E-state index in [1.54, 1.807) is 11.4 Å². The number of aliphatic hydroxyl groups is 1. The van der Waals surface area contributed by atoms with Crippen LogP contribution in [0.15, 0.2) is 11.4 Å². The van der Waals surface area contributed by atoms with Crippen LogP contribution in [0, 0.1) is 11.8 Å². The number of nitrogens with two attached hydrogens (primary N) is 1. The van der Waals surface area contributed by atoms with E-state index in [9.17, 15) is 13.2 Å². The summed E-state index contributed by atoms with van der Waals surface area (Å²) in [7, 11) is -3.57. The number of rotatable bonds is 4. The van der Waals surface area contributed by atoms with E-state index in [-0.39, 0.29) is 24.8 Å². The number of thiophene rings is 1. The van der Waals surface area contributed by atoms with Crippen molar-refractivity contribution < 1.29 is 18.3 Å². The van der Waals surface area contributed by atoms with Crippen molar-refractivity contribution in [2.24, 2.45) is 5.14 Å². The molecule has 0 fully saturated rings. The molecule has 0 unspecified atom stereocenters. The van der Waals surface area contributed by atoms with E-state index >= 15 is 0 Å². The first kappa shape index (κ1) is 14.7. The second-order valence-electron chi connectivity index (χ2n) is 3.28. The summed E-state index contributed by atoms with van der Waals surface area (Å²) in [6, 6.07) is 1.57. The molecular formula is C10H12N2O4S2. The van der Waals surface area contributed by atoms with Gasteiger partial charge in [0, 0.05) is 11.9 Å². The van der Waals surface area contributed by atoms with Gasteiger partial charge in [-0.1, -0.05) is 11.8 Å². The first-order valence-electron chi connectivity index (χ1n) is 4.89. The number of amides is 1. The van der Waals surface area contributed by atoms with Crippen LogP contribution in [0.5, 0.6) is 0 Å². The fourth-order valence-electron chi connectivity index (χ4n) is 1.06. The summed E-state index contributed by atoms with van der Waals surface area (Å²) in [6.07, 6.45) is 0. The molecule has 0 aliphatic heterocycles. The second-order valence-corrected chi connectivity index (χ2v) is 5.93. The van der Waals surface area contributed by atoms with Crippen molar-refractivity contribution in [1.29, 1.82) is 0 Å². The number of primary sulfonamides is 1. The van der Waals surface area contributed by atoms with Gasteiger partial charge in [-0.25, -0.2) is 13.6 Å². The Kier molecular flexibility index (Phi) is 5.30. The second kappa shape index (κ2) is 6.51. The van der Waals surface area contributed by atoms with Crippen molar-refractivity contribution >= 4 is 27.3 Å². The molecule has 8 heteroatoms. The van der Waals surface area contributed by atoms with Crippen molar-refractivity contribution in [1.82, 2.24) is 5.32 Å². The molecule has 1 amide bonds. The lowest BCUT2D eigenvalue weighted by Crippen LogP contribution is -2.31. The highest BCUT2D eigenvalue weighted by molar-refractivity contribution is 7.89. The highest BCUT2D eigenvalue weighted by Gasteiger charge is 2.09. The highest BCUT2D eigenvalue weighted by atomic mass is 32.2. The zero-order valence-electron chi connectivity index (χ0n) is 9.34. The van der Waals surface area contributed by atoms with Gasteiger partial charge in [0.1, 0.15) is 6.61 Å². The molecule has 0 aromatic carbocycles. The maximum Gasteiger partial charge on any atom is 0.252 e. The average molecular weight is 288 g/mol. The van der Waals surface area contributed by atoms with Gasteiger partial charge >= 0.3 is 0 Å². The molecule has 1 aromatic rings.